The molecule has 1 atom stereocenters. The van der Waals surface area contributed by atoms with Crippen LogP contribution in [0.5, 0.6) is 11.5 Å². The maximum absolute atomic E-state index is 13.1. The number of nitrogens with one attached hydrogen (secondary N) is 1. The Balaban J connectivity index is 1.29. The second-order valence-corrected chi connectivity index (χ2v) is 9.41. The van der Waals surface area contributed by atoms with E-state index in [2.05, 4.69) is 5.32 Å². The first-order valence-corrected chi connectivity index (χ1v) is 11.6. The largest absolute Gasteiger partial charge is 0.480 e. The van der Waals surface area contributed by atoms with Gasteiger partial charge in [-0.15, -0.1) is 0 Å². The zero-order valence-electron chi connectivity index (χ0n) is 20.1. The fourth-order valence-corrected chi connectivity index (χ4v) is 4.14. The number of fused-ring (bicyclic) bond motifs is 2. The smallest absolute Gasteiger partial charge is 0.407 e. The summed E-state index contributed by atoms with van der Waals surface area (Å²) in [5.41, 5.74) is 1.23. The first-order valence-electron chi connectivity index (χ1n) is 11.6. The molecule has 0 fully saturated rings. The van der Waals surface area contributed by atoms with Crippen LogP contribution in [0.4, 0.5) is 4.79 Å². The number of aliphatic carboxylic acids is 1. The lowest BCUT2D eigenvalue weighted by atomic mass is 9.86. The van der Waals surface area contributed by atoms with Gasteiger partial charge in [0.2, 0.25) is 12.6 Å². The predicted octanol–water partition coefficient (Wildman–Crippen LogP) is 2.32. The number of ketones is 1. The Labute approximate surface area is 208 Å². The minimum Gasteiger partial charge on any atom is -0.480 e. The van der Waals surface area contributed by atoms with E-state index in [0.717, 1.165) is 21.6 Å². The summed E-state index contributed by atoms with van der Waals surface area (Å²) < 4.78 is 15.8. The zero-order valence-corrected chi connectivity index (χ0v) is 20.1. The maximum atomic E-state index is 13.1. The first-order chi connectivity index (χ1) is 17.2. The highest BCUT2D eigenvalue weighted by Crippen LogP contribution is 2.32. The van der Waals surface area contributed by atoms with Gasteiger partial charge in [0.1, 0.15) is 12.6 Å². The summed E-state index contributed by atoms with van der Waals surface area (Å²) in [4.78, 5) is 51.2. The number of carbonyl (C=O) groups excluding carboxylic acids is 3. The summed E-state index contributed by atoms with van der Waals surface area (Å²) in [5, 5.41) is 12.3. The number of carbonyl (C=O) groups is 4. The third-order valence-electron chi connectivity index (χ3n) is 6.29. The minimum atomic E-state index is -1.34. The van der Waals surface area contributed by atoms with Gasteiger partial charge in [-0.05, 0) is 49.1 Å². The molecule has 10 heteroatoms. The molecule has 0 aromatic heterocycles. The van der Waals surface area contributed by atoms with E-state index >= 15 is 0 Å². The van der Waals surface area contributed by atoms with E-state index < -0.39 is 35.2 Å². The van der Waals surface area contributed by atoms with E-state index in [4.69, 9.17) is 14.2 Å². The number of benzene rings is 2. The molecular weight excluding hydrogens is 468 g/mol. The standard InChI is InChI=1S/C26H28N2O8/c1-26(2,14-34-25(33)27-10-9-16-7-8-20-21(11-16)36-15-35-20)22(29)23(30)28-13-18-6-4-3-5-17(18)12-19(28)24(31)32/h3-8,11,19H,9-10,12-15H2,1-2H3,(H,27,33)(H,31,32). The molecule has 0 saturated carbocycles. The molecule has 10 nitrogen and oxygen atoms in total. The maximum Gasteiger partial charge on any atom is 0.407 e. The van der Waals surface area contributed by atoms with Crippen molar-refractivity contribution in [1.29, 1.82) is 0 Å². The van der Waals surface area contributed by atoms with Crippen molar-refractivity contribution in [3.63, 3.8) is 0 Å². The average Bonchev–Trinajstić information content (AvgIpc) is 3.34. The molecule has 0 radical (unpaired) electrons. The molecule has 190 valence electrons. The monoisotopic (exact) mass is 496 g/mol. The van der Waals surface area contributed by atoms with Crippen LogP contribution >= 0.6 is 0 Å². The van der Waals surface area contributed by atoms with E-state index in [9.17, 15) is 24.3 Å². The Morgan fingerprint density at radius 2 is 1.81 bits per heavy atom. The minimum absolute atomic E-state index is 0.0228. The molecule has 4 rings (SSSR count). The van der Waals surface area contributed by atoms with Gasteiger partial charge >= 0.3 is 12.1 Å². The number of hydrogen-bond acceptors (Lipinski definition) is 7. The molecule has 0 spiro atoms. The van der Waals surface area contributed by atoms with Crippen LogP contribution in [-0.2, 0) is 38.5 Å². The number of rotatable bonds is 8. The van der Waals surface area contributed by atoms with Crippen molar-refractivity contribution in [2.75, 3.05) is 19.9 Å². The summed E-state index contributed by atoms with van der Waals surface area (Å²) in [6, 6.07) is 11.6. The second kappa shape index (κ2) is 10.3. The topological polar surface area (TPSA) is 131 Å². The third kappa shape index (κ3) is 5.42. The summed E-state index contributed by atoms with van der Waals surface area (Å²) in [6.45, 7) is 3.13. The molecule has 0 saturated heterocycles. The van der Waals surface area contributed by atoms with Crippen molar-refractivity contribution < 1.29 is 38.5 Å². The number of carboxylic acid groups (broad SMARTS) is 1. The summed E-state index contributed by atoms with van der Waals surface area (Å²) in [6.07, 6.45) is -0.0772. The number of amides is 2. The summed E-state index contributed by atoms with van der Waals surface area (Å²) in [7, 11) is 0. The fourth-order valence-electron chi connectivity index (χ4n) is 4.14. The summed E-state index contributed by atoms with van der Waals surface area (Å²) in [5.74, 6) is -1.57. The van der Waals surface area contributed by atoms with Gasteiger partial charge in [0, 0.05) is 19.5 Å². The molecule has 0 aliphatic carbocycles. The van der Waals surface area contributed by atoms with Crippen molar-refractivity contribution in [3.8, 4) is 11.5 Å². The van der Waals surface area contributed by atoms with Gasteiger partial charge in [-0.2, -0.15) is 0 Å². The lowest BCUT2D eigenvalue weighted by molar-refractivity contribution is -0.158. The van der Waals surface area contributed by atoms with Crippen molar-refractivity contribution in [2.45, 2.75) is 39.3 Å². The Bertz CT molecular complexity index is 1190. The van der Waals surface area contributed by atoms with E-state index in [1.54, 1.807) is 24.3 Å². The Morgan fingerprint density at radius 1 is 1.08 bits per heavy atom. The number of nitrogens with zero attached hydrogens (tertiary/aromatic N) is 1. The molecule has 2 N–H and O–H groups in total. The van der Waals surface area contributed by atoms with Gasteiger partial charge < -0.3 is 29.5 Å². The number of ether oxygens (including phenoxy) is 3. The van der Waals surface area contributed by atoms with Crippen LogP contribution in [0.2, 0.25) is 0 Å². The molecule has 2 aliphatic rings. The van der Waals surface area contributed by atoms with Gasteiger partial charge in [0.15, 0.2) is 11.5 Å². The molecular formula is C26H28N2O8. The normalized spacial score (nSPS) is 16.2. The summed E-state index contributed by atoms with van der Waals surface area (Å²) >= 11 is 0. The number of alkyl carbamates (subject to hydrolysis) is 1. The van der Waals surface area contributed by atoms with Crippen LogP contribution < -0.4 is 14.8 Å². The highest BCUT2D eigenvalue weighted by Gasteiger charge is 2.42. The van der Waals surface area contributed by atoms with E-state index in [1.807, 2.05) is 18.2 Å². The van der Waals surface area contributed by atoms with Crippen molar-refractivity contribution in [3.05, 3.63) is 59.2 Å². The van der Waals surface area contributed by atoms with Gasteiger partial charge in [-0.25, -0.2) is 9.59 Å². The molecule has 2 heterocycles. The first kappa shape index (κ1) is 25.0. The Morgan fingerprint density at radius 3 is 2.56 bits per heavy atom. The molecule has 1 unspecified atom stereocenters. The van der Waals surface area contributed by atoms with Crippen LogP contribution in [0.25, 0.3) is 0 Å². The van der Waals surface area contributed by atoms with E-state index in [-0.39, 0.29) is 26.4 Å². The molecule has 2 aromatic carbocycles. The lowest BCUT2D eigenvalue weighted by Crippen LogP contribution is -2.53. The highest BCUT2D eigenvalue weighted by molar-refractivity contribution is 6.38. The van der Waals surface area contributed by atoms with E-state index in [0.29, 0.717) is 24.5 Å². The number of Topliss-reactive ketones (excluding diaryl/α,β-unsaturated/α-hetero) is 1. The Hall–Kier alpha value is -4.08. The zero-order chi connectivity index (χ0) is 25.9. The third-order valence-corrected chi connectivity index (χ3v) is 6.29. The lowest BCUT2D eigenvalue weighted by Gasteiger charge is -2.35. The van der Waals surface area contributed by atoms with Crippen LogP contribution in [0.15, 0.2) is 42.5 Å². The molecule has 0 bridgehead atoms. The van der Waals surface area contributed by atoms with Crippen molar-refractivity contribution in [2.24, 2.45) is 5.41 Å². The van der Waals surface area contributed by atoms with Crippen molar-refractivity contribution >= 4 is 23.8 Å². The second-order valence-electron chi connectivity index (χ2n) is 9.41. The quantitative estimate of drug-likeness (QED) is 0.533. The molecule has 2 amide bonds. The molecule has 2 aliphatic heterocycles. The van der Waals surface area contributed by atoms with Gasteiger partial charge in [0.25, 0.3) is 5.91 Å². The van der Waals surface area contributed by atoms with Crippen LogP contribution in [-0.4, -0.2) is 59.7 Å². The van der Waals surface area contributed by atoms with Gasteiger partial charge in [0.05, 0.1) is 5.41 Å². The van der Waals surface area contributed by atoms with Crippen LogP contribution in [0.1, 0.15) is 30.5 Å². The fraction of sp³-hybridized carbons (Fsp3) is 0.385. The highest BCUT2D eigenvalue weighted by atomic mass is 16.7. The van der Waals surface area contributed by atoms with Crippen LogP contribution in [0.3, 0.4) is 0 Å². The van der Waals surface area contributed by atoms with Crippen LogP contribution in [0, 0.1) is 5.41 Å². The van der Waals surface area contributed by atoms with Gasteiger partial charge in [-0.1, -0.05) is 30.3 Å². The average molecular weight is 497 g/mol. The Kier molecular flexibility index (Phi) is 7.14. The molecule has 2 aromatic rings. The number of carboxylic acids is 1. The van der Waals surface area contributed by atoms with Crippen molar-refractivity contribution in [1.82, 2.24) is 10.2 Å². The van der Waals surface area contributed by atoms with Gasteiger partial charge in [-0.3, -0.25) is 9.59 Å². The number of hydrogen-bond donors (Lipinski definition) is 2. The molecule has 36 heavy (non-hydrogen) atoms. The SMILES string of the molecule is CC(C)(COC(=O)NCCc1ccc2c(c1)OCO2)C(=O)C(=O)N1Cc2ccccc2CC1C(=O)O. The van der Waals surface area contributed by atoms with E-state index in [1.165, 1.54) is 13.8 Å². The predicted molar refractivity (Wildman–Crippen MR) is 127 cm³/mol.